The molecule has 0 radical (unpaired) electrons. The number of nitrogens with zero attached hydrogens (tertiary/aromatic N) is 2. The number of ether oxygens (including phenoxy) is 1. The third-order valence-corrected chi connectivity index (χ3v) is 9.62. The number of carboxylic acid groups (broad SMARTS) is 2. The largest absolute Gasteiger partial charge is 0.490 e. The molecule has 8 N–H and O–H groups in total. The van der Waals surface area contributed by atoms with Gasteiger partial charge in [0.2, 0.25) is 5.91 Å². The summed E-state index contributed by atoms with van der Waals surface area (Å²) >= 11 is 2.80. The van der Waals surface area contributed by atoms with Gasteiger partial charge in [-0.05, 0) is 89.3 Å². The molecule has 0 fully saturated rings. The van der Waals surface area contributed by atoms with Gasteiger partial charge in [0.15, 0.2) is 16.0 Å². The fourth-order valence-electron chi connectivity index (χ4n) is 5.08. The summed E-state index contributed by atoms with van der Waals surface area (Å²) in [5.74, 6) is -4.47. The van der Waals surface area contributed by atoms with E-state index in [2.05, 4.69) is 32.7 Å². The van der Waals surface area contributed by atoms with Crippen LogP contribution in [0, 0.1) is 11.8 Å². The number of carbonyl (C=O) groups is 6. The van der Waals surface area contributed by atoms with Crippen LogP contribution in [0.2, 0.25) is 0 Å². The molecule has 0 saturated heterocycles. The van der Waals surface area contributed by atoms with Crippen LogP contribution in [0.4, 0.5) is 28.2 Å². The van der Waals surface area contributed by atoms with Crippen molar-refractivity contribution < 1.29 is 56.9 Å². The van der Waals surface area contributed by atoms with Gasteiger partial charge in [-0.2, -0.15) is 13.2 Å². The minimum atomic E-state index is -5.08. The van der Waals surface area contributed by atoms with Gasteiger partial charge < -0.3 is 31.7 Å². The summed E-state index contributed by atoms with van der Waals surface area (Å²) in [7, 11) is 0. The molecule has 4 rings (SSSR count). The zero-order valence-corrected chi connectivity index (χ0v) is 38.3. The first kappa shape index (κ1) is 56.8. The van der Waals surface area contributed by atoms with Gasteiger partial charge in [0.25, 0.3) is 0 Å². The van der Waals surface area contributed by atoms with Gasteiger partial charge in [0.1, 0.15) is 11.4 Å². The highest BCUT2D eigenvalue weighted by Crippen LogP contribution is 2.19. The maximum absolute atomic E-state index is 12.5. The van der Waals surface area contributed by atoms with Crippen molar-refractivity contribution in [2.45, 2.75) is 97.0 Å². The molecule has 0 aliphatic rings. The second-order valence-electron chi connectivity index (χ2n) is 15.1. The van der Waals surface area contributed by atoms with E-state index in [-0.39, 0.29) is 35.7 Å². The molecule has 2 amide bonds. The summed E-state index contributed by atoms with van der Waals surface area (Å²) in [4.78, 5) is 75.7. The lowest BCUT2D eigenvalue weighted by molar-refractivity contribution is -0.192. The van der Waals surface area contributed by atoms with E-state index in [1.165, 1.54) is 34.3 Å². The van der Waals surface area contributed by atoms with Gasteiger partial charge >= 0.3 is 24.2 Å². The number of benzene rings is 2. The number of aromatic nitrogens is 2. The van der Waals surface area contributed by atoms with Crippen LogP contribution in [-0.2, 0) is 41.6 Å². The normalized spacial score (nSPS) is 12.9. The quantitative estimate of drug-likeness (QED) is 0.0514. The number of nitrogens with one attached hydrogen (secondary N) is 2. The molecule has 0 bridgehead atoms. The van der Waals surface area contributed by atoms with Crippen LogP contribution in [0.15, 0.2) is 108 Å². The van der Waals surface area contributed by atoms with E-state index in [9.17, 15) is 37.1 Å². The van der Waals surface area contributed by atoms with Crippen LogP contribution in [-0.4, -0.2) is 79.5 Å². The number of aliphatic carboxylic acids is 2. The summed E-state index contributed by atoms with van der Waals surface area (Å²) in [6, 6.07) is 18.7. The molecule has 2 aromatic carbocycles. The number of carbonyl (C=O) groups excluding carboxylic acids is 4. The van der Waals surface area contributed by atoms with E-state index in [0.717, 1.165) is 30.9 Å². The molecule has 65 heavy (non-hydrogen) atoms. The van der Waals surface area contributed by atoms with E-state index < -0.39 is 41.9 Å². The predicted octanol–water partition coefficient (Wildman–Crippen LogP) is 8.30. The number of allylic oxidation sites excluding steroid dienone is 2. The average molecular weight is 947 g/mol. The molecule has 15 nitrogen and oxygen atoms in total. The van der Waals surface area contributed by atoms with Crippen molar-refractivity contribution in [2.75, 3.05) is 11.1 Å². The third-order valence-electron chi connectivity index (χ3n) is 8.33. The van der Waals surface area contributed by atoms with Crippen LogP contribution >= 0.6 is 22.7 Å². The predicted molar refractivity (Wildman–Crippen MR) is 245 cm³/mol. The molecule has 4 atom stereocenters. The summed E-state index contributed by atoms with van der Waals surface area (Å²) in [6.07, 6.45) is 6.95. The minimum absolute atomic E-state index is 0.00282. The number of carboxylic acids is 2. The topological polar surface area (TPSA) is 254 Å². The van der Waals surface area contributed by atoms with Crippen molar-refractivity contribution in [1.29, 1.82) is 0 Å². The lowest BCUT2D eigenvalue weighted by Gasteiger charge is -2.22. The first-order chi connectivity index (χ1) is 30.4. The number of amides is 2. The van der Waals surface area contributed by atoms with Crippen LogP contribution in [0.3, 0.4) is 0 Å². The Balaban J connectivity index is 0.000000509. The Labute approximate surface area is 384 Å². The van der Waals surface area contributed by atoms with Gasteiger partial charge in [-0.15, -0.1) is 22.7 Å². The number of hydrogen-bond acceptors (Lipinski definition) is 13. The number of anilines is 2. The number of halogens is 3. The summed E-state index contributed by atoms with van der Waals surface area (Å²) in [6.45, 7) is 8.52. The Kier molecular flexibility index (Phi) is 26.2. The van der Waals surface area contributed by atoms with E-state index in [1.54, 1.807) is 64.5 Å². The molecule has 0 unspecified atom stereocenters. The Morgan fingerprint density at radius 1 is 0.769 bits per heavy atom. The molecule has 2 aromatic heterocycles. The van der Waals surface area contributed by atoms with E-state index in [1.807, 2.05) is 53.9 Å². The van der Waals surface area contributed by atoms with Gasteiger partial charge in [0.05, 0.1) is 12.1 Å². The summed E-state index contributed by atoms with van der Waals surface area (Å²) in [5.41, 5.74) is 12.6. The van der Waals surface area contributed by atoms with Crippen LogP contribution in [0.25, 0.3) is 0 Å². The molecule has 4 aromatic rings. The second kappa shape index (κ2) is 30.0. The molecule has 2 heterocycles. The van der Waals surface area contributed by atoms with Crippen molar-refractivity contribution in [2.24, 2.45) is 17.6 Å². The Bertz CT molecular complexity index is 2080. The average Bonchev–Trinajstić information content (AvgIpc) is 3.94. The zero-order valence-electron chi connectivity index (χ0n) is 36.7. The zero-order chi connectivity index (χ0) is 49.0. The number of Topliss-reactive ketones (excluding diaryl/α,β-unsaturated/α-hetero) is 2. The molecular weight excluding hydrogens is 890 g/mol. The van der Waals surface area contributed by atoms with Crippen molar-refractivity contribution in [1.82, 2.24) is 15.3 Å². The maximum Gasteiger partial charge on any atom is 0.490 e. The minimum Gasteiger partial charge on any atom is -0.478 e. The van der Waals surface area contributed by atoms with Gasteiger partial charge in [-0.25, -0.2) is 24.4 Å². The number of ketones is 2. The number of nitrogen functional groups attached to an aromatic ring is 1. The van der Waals surface area contributed by atoms with E-state index in [4.69, 9.17) is 31.2 Å². The molecule has 0 aliphatic carbocycles. The number of thiazole rings is 2. The fraction of sp³-hybridized carbons (Fsp3) is 0.378. The first-order valence-electron chi connectivity index (χ1n) is 20.1. The van der Waals surface area contributed by atoms with Crippen molar-refractivity contribution >= 4 is 68.4 Å². The second-order valence-corrected chi connectivity index (χ2v) is 16.9. The highest BCUT2D eigenvalue weighted by molar-refractivity contribution is 7.13. The van der Waals surface area contributed by atoms with Crippen LogP contribution < -0.4 is 22.1 Å². The number of alkyl carbamates (subject to hydrolysis) is 1. The van der Waals surface area contributed by atoms with Crippen LogP contribution in [0.5, 0.6) is 0 Å². The smallest absolute Gasteiger partial charge is 0.478 e. The van der Waals surface area contributed by atoms with E-state index in [0.29, 0.717) is 23.1 Å². The van der Waals surface area contributed by atoms with Gasteiger partial charge in [-0.1, -0.05) is 72.8 Å². The molecule has 20 heteroatoms. The molecule has 0 spiro atoms. The third kappa shape index (κ3) is 28.9. The lowest BCUT2D eigenvalue weighted by Crippen LogP contribution is -2.42. The Morgan fingerprint density at radius 2 is 1.25 bits per heavy atom. The maximum atomic E-state index is 12.5. The summed E-state index contributed by atoms with van der Waals surface area (Å²) in [5, 5.41) is 26.1. The van der Waals surface area contributed by atoms with Crippen molar-refractivity contribution in [3.8, 4) is 0 Å². The highest BCUT2D eigenvalue weighted by atomic mass is 32.1. The highest BCUT2D eigenvalue weighted by Gasteiger charge is 2.38. The standard InChI is InChI=1S/C21H29NO5.C19H23N3O2S.C3H4N2S.C2HF3O2/c1-15(22-20(26)27-21(2,3)4)18(23)14-17(12-13-19(24)25)11-10-16-8-6-5-7-9-16;1-14(20)17(23)13-16(8-7-15-5-3-2-4-6-15)9-10-18(24)22-19-21-11-12-25-19;4-3-5-1-2-6-3;3-2(4,5)1(6)7/h5-9,12-13,15,17H,10-11,14H2,1-4H3,(H,22,26)(H,24,25);2-6,9-12,14,16H,7-8,13,20H2,1H3,(H,21,22,24);1-2H,(H2,4,5);(H,6,7)/b13-12+;10-9+;;/t15-,17-;14-,16-;;/m00../s1. The van der Waals surface area contributed by atoms with Gasteiger partial charge in [-0.3, -0.25) is 19.7 Å². The first-order valence-corrected chi connectivity index (χ1v) is 21.8. The summed E-state index contributed by atoms with van der Waals surface area (Å²) < 4.78 is 36.9. The molecule has 354 valence electrons. The monoisotopic (exact) mass is 946 g/mol. The van der Waals surface area contributed by atoms with E-state index >= 15 is 0 Å². The number of alkyl halides is 3. The Hall–Kier alpha value is -6.25. The Morgan fingerprint density at radius 3 is 1.63 bits per heavy atom. The van der Waals surface area contributed by atoms with Gasteiger partial charge in [0, 0.05) is 42.1 Å². The number of aryl methyl sites for hydroxylation is 2. The number of hydrogen-bond donors (Lipinski definition) is 6. The molecule has 0 aliphatic heterocycles. The SMILES string of the molecule is C[C@H](N)C(=O)C[C@H](/C=C/C(=O)Nc1nccs1)CCc1ccccc1.C[C@H](NC(=O)OC(C)(C)C)C(=O)C[C@H](/C=C/C(=O)O)CCc1ccccc1.Nc1nccs1.O=C(O)C(F)(F)F. The van der Waals surface area contributed by atoms with Crippen LogP contribution in [0.1, 0.15) is 71.4 Å². The molecular formula is C45H57F3N6O9S2. The fourth-order valence-corrected chi connectivity index (χ4v) is 5.99. The lowest BCUT2D eigenvalue weighted by atomic mass is 9.92. The number of rotatable bonds is 18. The van der Waals surface area contributed by atoms with Crippen molar-refractivity contribution in [3.05, 3.63) is 119 Å². The molecule has 0 saturated carbocycles. The number of nitrogens with two attached hydrogens (primary N) is 2. The van der Waals surface area contributed by atoms with Crippen molar-refractivity contribution in [3.63, 3.8) is 0 Å².